The van der Waals surface area contributed by atoms with Crippen LogP contribution in [0.5, 0.6) is 5.75 Å². The summed E-state index contributed by atoms with van der Waals surface area (Å²) in [6.45, 7) is 1.44. The van der Waals surface area contributed by atoms with E-state index in [0.29, 0.717) is 13.2 Å². The average Bonchev–Trinajstić information content (AvgIpc) is 2.46. The summed E-state index contributed by atoms with van der Waals surface area (Å²) in [5.74, 6) is 0.0936. The number of carbonyl (C=O) groups is 2. The average molecular weight is 348 g/mol. The Morgan fingerprint density at radius 2 is 1.83 bits per heavy atom. The largest absolute Gasteiger partial charge is 0.494 e. The van der Waals surface area contributed by atoms with Gasteiger partial charge in [-0.3, -0.25) is 10.1 Å². The van der Waals surface area contributed by atoms with Crippen LogP contribution in [-0.2, 0) is 11.3 Å². The van der Waals surface area contributed by atoms with Gasteiger partial charge < -0.3 is 15.0 Å². The number of imide groups is 1. The molecule has 0 fully saturated rings. The van der Waals surface area contributed by atoms with Gasteiger partial charge in [0.05, 0.1) is 13.7 Å². The second-order valence-electron chi connectivity index (χ2n) is 5.23. The Morgan fingerprint density at radius 1 is 1.21 bits per heavy atom. The van der Waals surface area contributed by atoms with E-state index in [1.165, 1.54) is 0 Å². The third kappa shape index (κ3) is 8.37. The molecule has 6 nitrogen and oxygen atoms in total. The van der Waals surface area contributed by atoms with E-state index < -0.39 is 24.7 Å². The predicted molar refractivity (Wildman–Crippen MR) is 80.7 cm³/mol. The zero-order chi connectivity index (χ0) is 18.2. The van der Waals surface area contributed by atoms with Gasteiger partial charge in [0.2, 0.25) is 0 Å². The Balaban J connectivity index is 2.37. The molecule has 1 unspecified atom stereocenters. The number of hydrogen-bond acceptors (Lipinski definition) is 3. The minimum absolute atomic E-state index is 0.0490. The highest BCUT2D eigenvalue weighted by atomic mass is 19.4. The zero-order valence-corrected chi connectivity index (χ0v) is 13.5. The summed E-state index contributed by atoms with van der Waals surface area (Å²) in [6.07, 6.45) is -4.52. The molecule has 0 saturated heterocycles. The summed E-state index contributed by atoms with van der Waals surface area (Å²) in [5, 5.41) is 3.44. The van der Waals surface area contributed by atoms with Crippen LogP contribution < -0.4 is 20.3 Å². The van der Waals surface area contributed by atoms with E-state index in [1.54, 1.807) is 12.4 Å². The number of alkyl halides is 3. The number of benzene rings is 1. The van der Waals surface area contributed by atoms with Crippen LogP contribution in [0.15, 0.2) is 24.3 Å². The minimum atomic E-state index is -4.52. The number of carbonyl (C=O) groups excluding carboxylic acids is 2. The number of nitrogens with one attached hydrogen (secondary N) is 3. The predicted octanol–water partition coefficient (Wildman–Crippen LogP) is 0.488. The van der Waals surface area contributed by atoms with E-state index in [1.807, 2.05) is 36.5 Å². The highest BCUT2D eigenvalue weighted by molar-refractivity contribution is 5.94. The Hall–Kier alpha value is -2.29. The molecule has 0 spiro atoms. The molecule has 0 aromatic heterocycles. The van der Waals surface area contributed by atoms with Gasteiger partial charge in [0.25, 0.3) is 5.91 Å². The quantitative estimate of drug-likeness (QED) is 0.672. The lowest BCUT2D eigenvalue weighted by molar-refractivity contribution is -0.885. The van der Waals surface area contributed by atoms with Gasteiger partial charge in [-0.2, -0.15) is 13.2 Å². The van der Waals surface area contributed by atoms with Crippen molar-refractivity contribution in [2.75, 3.05) is 26.7 Å². The molecule has 9 heteroatoms. The molecule has 24 heavy (non-hydrogen) atoms. The molecule has 0 aliphatic rings. The molecule has 3 amide bonds. The van der Waals surface area contributed by atoms with Gasteiger partial charge in [-0.1, -0.05) is 0 Å². The van der Waals surface area contributed by atoms with Crippen LogP contribution in [0.4, 0.5) is 18.0 Å². The second-order valence-corrected chi connectivity index (χ2v) is 5.23. The minimum Gasteiger partial charge on any atom is -0.494 e. The first-order valence-corrected chi connectivity index (χ1v) is 7.37. The Labute approximate surface area is 138 Å². The van der Waals surface area contributed by atoms with Gasteiger partial charge in [-0.05, 0) is 31.2 Å². The van der Waals surface area contributed by atoms with E-state index in [2.05, 4.69) is 0 Å². The number of likely N-dealkylation sites (N-methyl/N-ethyl adjacent to an activating group) is 1. The van der Waals surface area contributed by atoms with Gasteiger partial charge in [-0.15, -0.1) is 0 Å². The highest BCUT2D eigenvalue weighted by Crippen LogP contribution is 2.12. The van der Waals surface area contributed by atoms with Crippen molar-refractivity contribution in [3.05, 3.63) is 29.8 Å². The lowest BCUT2D eigenvalue weighted by atomic mass is 10.2. The molecule has 0 aliphatic carbocycles. The maximum absolute atomic E-state index is 11.9. The first-order valence-electron chi connectivity index (χ1n) is 7.37. The van der Waals surface area contributed by atoms with Gasteiger partial charge in [0.1, 0.15) is 18.8 Å². The molecule has 0 radical (unpaired) electrons. The summed E-state index contributed by atoms with van der Waals surface area (Å²) in [7, 11) is 1.74. The van der Waals surface area contributed by atoms with Crippen molar-refractivity contribution in [2.24, 2.45) is 0 Å². The first kappa shape index (κ1) is 19.8. The van der Waals surface area contributed by atoms with Crippen molar-refractivity contribution in [3.63, 3.8) is 0 Å². The van der Waals surface area contributed by atoms with Crippen LogP contribution in [-0.4, -0.2) is 44.9 Å². The summed E-state index contributed by atoms with van der Waals surface area (Å²) in [5.41, 5.74) is 0.963. The highest BCUT2D eigenvalue weighted by Gasteiger charge is 2.28. The molecule has 134 valence electrons. The maximum Gasteiger partial charge on any atom is 0.405 e. The fourth-order valence-electron chi connectivity index (χ4n) is 1.95. The number of quaternary nitrogens is 1. The van der Waals surface area contributed by atoms with E-state index in [-0.39, 0.29) is 6.54 Å². The molecule has 1 aromatic rings. The van der Waals surface area contributed by atoms with Crippen molar-refractivity contribution in [1.29, 1.82) is 0 Å². The molecular weight excluding hydrogens is 327 g/mol. The van der Waals surface area contributed by atoms with Crippen molar-refractivity contribution in [3.8, 4) is 5.75 Å². The Morgan fingerprint density at radius 3 is 2.38 bits per heavy atom. The maximum atomic E-state index is 11.9. The van der Waals surface area contributed by atoms with E-state index in [4.69, 9.17) is 4.74 Å². The second kappa shape index (κ2) is 9.11. The van der Waals surface area contributed by atoms with Crippen LogP contribution in [0, 0.1) is 0 Å². The number of rotatable bonds is 7. The third-order valence-electron chi connectivity index (χ3n) is 2.90. The van der Waals surface area contributed by atoms with Crippen molar-refractivity contribution in [2.45, 2.75) is 19.6 Å². The summed E-state index contributed by atoms with van der Waals surface area (Å²) >= 11 is 0. The molecular formula is C15H21F3N3O3+. The topological polar surface area (TPSA) is 71.9 Å². The molecule has 0 bridgehead atoms. The summed E-state index contributed by atoms with van der Waals surface area (Å²) in [4.78, 5) is 23.6. The lowest BCUT2D eigenvalue weighted by Gasteiger charge is -2.14. The van der Waals surface area contributed by atoms with Crippen LogP contribution in [0.3, 0.4) is 0 Å². The molecule has 1 aromatic carbocycles. The summed E-state index contributed by atoms with van der Waals surface area (Å²) in [6, 6.07) is 6.20. The number of amides is 3. The number of halogens is 3. The van der Waals surface area contributed by atoms with Gasteiger partial charge in [0.15, 0.2) is 6.54 Å². The molecule has 3 N–H and O–H groups in total. The molecule has 0 saturated carbocycles. The van der Waals surface area contributed by atoms with Crippen LogP contribution in [0.1, 0.15) is 12.5 Å². The van der Waals surface area contributed by atoms with Crippen molar-refractivity contribution < 1.29 is 32.4 Å². The third-order valence-corrected chi connectivity index (χ3v) is 2.90. The van der Waals surface area contributed by atoms with Gasteiger partial charge in [-0.25, -0.2) is 4.79 Å². The lowest BCUT2D eigenvalue weighted by Crippen LogP contribution is -3.09. The van der Waals surface area contributed by atoms with Crippen LogP contribution in [0.25, 0.3) is 0 Å². The van der Waals surface area contributed by atoms with E-state index in [9.17, 15) is 22.8 Å². The zero-order valence-electron chi connectivity index (χ0n) is 13.5. The number of hydrogen-bond donors (Lipinski definition) is 3. The van der Waals surface area contributed by atoms with Gasteiger partial charge >= 0.3 is 12.2 Å². The van der Waals surface area contributed by atoms with Crippen molar-refractivity contribution in [1.82, 2.24) is 10.6 Å². The molecule has 1 atom stereocenters. The van der Waals surface area contributed by atoms with Gasteiger partial charge in [0, 0.05) is 5.56 Å². The monoisotopic (exact) mass is 348 g/mol. The first-order chi connectivity index (χ1) is 11.2. The molecule has 0 aliphatic heterocycles. The normalized spacial score (nSPS) is 12.4. The smallest absolute Gasteiger partial charge is 0.405 e. The fraction of sp³-hybridized carbons (Fsp3) is 0.467. The number of urea groups is 1. The van der Waals surface area contributed by atoms with Crippen LogP contribution >= 0.6 is 0 Å². The fourth-order valence-corrected chi connectivity index (χ4v) is 1.95. The number of ether oxygens (including phenoxy) is 1. The van der Waals surface area contributed by atoms with E-state index in [0.717, 1.165) is 16.2 Å². The Kier molecular flexibility index (Phi) is 7.50. The molecule has 1 rings (SSSR count). The standard InChI is InChI=1S/C15H20F3N3O3/c1-3-24-12-6-4-11(5-7-12)8-21(2)9-13(22)20-14(23)19-10-15(16,17)18/h4-7H,3,8-10H2,1-2H3,(H2,19,20,22,23)/p+1. The summed E-state index contributed by atoms with van der Waals surface area (Å²) < 4.78 is 41.2. The van der Waals surface area contributed by atoms with Crippen molar-refractivity contribution >= 4 is 11.9 Å². The van der Waals surface area contributed by atoms with E-state index >= 15 is 0 Å². The Bertz CT molecular complexity index is 547. The van der Waals surface area contributed by atoms with Crippen LogP contribution in [0.2, 0.25) is 0 Å². The molecule has 0 heterocycles. The SMILES string of the molecule is CCOc1ccc(C[NH+](C)CC(=O)NC(=O)NCC(F)(F)F)cc1.